The molecular weight excluding hydrogens is 483 g/mol. The Bertz CT molecular complexity index is 669. The SMILES string of the molecule is CCNC(=NCc1ccc(OC)c(OC)c1)NCCC(CC)N1CCCC1=O.I. The molecule has 1 saturated heterocycles. The van der Waals surface area contributed by atoms with Crippen molar-refractivity contribution < 1.29 is 14.3 Å². The van der Waals surface area contributed by atoms with Crippen LogP contribution in [0.4, 0.5) is 0 Å². The van der Waals surface area contributed by atoms with Gasteiger partial charge in [-0.25, -0.2) is 4.99 Å². The molecule has 0 saturated carbocycles. The second-order valence-corrected chi connectivity index (χ2v) is 6.85. The second-order valence-electron chi connectivity index (χ2n) is 6.85. The number of halogens is 1. The summed E-state index contributed by atoms with van der Waals surface area (Å²) in [5.41, 5.74) is 1.05. The largest absolute Gasteiger partial charge is 0.493 e. The zero-order chi connectivity index (χ0) is 20.4. The third kappa shape index (κ3) is 7.56. The fourth-order valence-electron chi connectivity index (χ4n) is 3.48. The molecule has 1 unspecified atom stereocenters. The van der Waals surface area contributed by atoms with Crippen LogP contribution in [0, 0.1) is 0 Å². The average molecular weight is 518 g/mol. The van der Waals surface area contributed by atoms with E-state index in [2.05, 4.69) is 22.5 Å². The molecule has 1 aromatic rings. The quantitative estimate of drug-likeness (QED) is 0.283. The van der Waals surface area contributed by atoms with Gasteiger partial charge in [-0.1, -0.05) is 13.0 Å². The van der Waals surface area contributed by atoms with Crippen LogP contribution in [0.3, 0.4) is 0 Å². The Morgan fingerprint density at radius 2 is 1.97 bits per heavy atom. The summed E-state index contributed by atoms with van der Waals surface area (Å²) in [5, 5.41) is 6.67. The van der Waals surface area contributed by atoms with Gasteiger partial charge >= 0.3 is 0 Å². The summed E-state index contributed by atoms with van der Waals surface area (Å²) in [5.74, 6) is 2.48. The third-order valence-electron chi connectivity index (χ3n) is 5.00. The van der Waals surface area contributed by atoms with Crippen molar-refractivity contribution in [2.45, 2.75) is 52.1 Å². The van der Waals surface area contributed by atoms with E-state index in [9.17, 15) is 4.79 Å². The van der Waals surface area contributed by atoms with Gasteiger partial charge in [0.1, 0.15) is 0 Å². The van der Waals surface area contributed by atoms with Gasteiger partial charge in [-0.3, -0.25) is 4.79 Å². The maximum Gasteiger partial charge on any atom is 0.222 e. The van der Waals surface area contributed by atoms with Gasteiger partial charge in [0.05, 0.1) is 20.8 Å². The summed E-state index contributed by atoms with van der Waals surface area (Å²) in [6, 6.07) is 6.12. The molecule has 1 aromatic carbocycles. The molecule has 0 aromatic heterocycles. The van der Waals surface area contributed by atoms with Gasteiger partial charge in [-0.2, -0.15) is 0 Å². The van der Waals surface area contributed by atoms with Crippen LogP contribution in [0.2, 0.25) is 0 Å². The molecule has 1 aliphatic rings. The lowest BCUT2D eigenvalue weighted by atomic mass is 10.1. The molecule has 1 aliphatic heterocycles. The van der Waals surface area contributed by atoms with Crippen LogP contribution >= 0.6 is 24.0 Å². The van der Waals surface area contributed by atoms with Crippen molar-refractivity contribution >= 4 is 35.8 Å². The van der Waals surface area contributed by atoms with Crippen LogP contribution in [-0.2, 0) is 11.3 Å². The van der Waals surface area contributed by atoms with E-state index >= 15 is 0 Å². The summed E-state index contributed by atoms with van der Waals surface area (Å²) in [7, 11) is 3.26. The monoisotopic (exact) mass is 518 g/mol. The van der Waals surface area contributed by atoms with Crippen LogP contribution in [-0.4, -0.2) is 56.7 Å². The number of nitrogens with zero attached hydrogens (tertiary/aromatic N) is 2. The first-order chi connectivity index (χ1) is 13.6. The Balaban J connectivity index is 0.00000420. The Labute approximate surface area is 191 Å². The predicted octanol–water partition coefficient (Wildman–Crippen LogP) is 3.17. The van der Waals surface area contributed by atoms with Crippen molar-refractivity contribution in [3.05, 3.63) is 23.8 Å². The van der Waals surface area contributed by atoms with E-state index in [1.807, 2.05) is 30.0 Å². The Hall–Kier alpha value is -1.71. The van der Waals surface area contributed by atoms with Gasteiger partial charge in [0.2, 0.25) is 5.91 Å². The normalized spacial score (nSPS) is 15.0. The highest BCUT2D eigenvalue weighted by Crippen LogP contribution is 2.27. The molecule has 1 fully saturated rings. The molecule has 1 amide bonds. The topological polar surface area (TPSA) is 75.2 Å². The van der Waals surface area contributed by atoms with E-state index in [1.54, 1.807) is 14.2 Å². The number of hydrogen-bond acceptors (Lipinski definition) is 4. The summed E-state index contributed by atoms with van der Waals surface area (Å²) < 4.78 is 10.6. The van der Waals surface area contributed by atoms with Crippen molar-refractivity contribution in [1.82, 2.24) is 15.5 Å². The Morgan fingerprint density at radius 3 is 2.55 bits per heavy atom. The van der Waals surface area contributed by atoms with Crippen molar-refractivity contribution in [3.63, 3.8) is 0 Å². The number of hydrogen-bond donors (Lipinski definition) is 2. The zero-order valence-corrected chi connectivity index (χ0v) is 20.3. The number of likely N-dealkylation sites (tertiary alicyclic amines) is 1. The summed E-state index contributed by atoms with van der Waals surface area (Å²) >= 11 is 0. The lowest BCUT2D eigenvalue weighted by Crippen LogP contribution is -2.42. The van der Waals surface area contributed by atoms with E-state index in [-0.39, 0.29) is 24.0 Å². The standard InChI is InChI=1S/C21H34N4O3.HI/c1-5-17(25-13-7-8-20(25)26)11-12-23-21(22-6-2)24-15-16-9-10-18(27-3)19(14-16)28-4;/h9-10,14,17H,5-8,11-13,15H2,1-4H3,(H2,22,23,24);1H. The minimum atomic E-state index is 0. The molecule has 8 heteroatoms. The molecule has 0 bridgehead atoms. The number of benzene rings is 1. The molecule has 0 radical (unpaired) electrons. The highest BCUT2D eigenvalue weighted by atomic mass is 127. The van der Waals surface area contributed by atoms with Gasteiger partial charge in [0.25, 0.3) is 0 Å². The minimum Gasteiger partial charge on any atom is -0.493 e. The summed E-state index contributed by atoms with van der Waals surface area (Å²) in [6.07, 6.45) is 3.58. The molecule has 7 nitrogen and oxygen atoms in total. The van der Waals surface area contributed by atoms with Crippen molar-refractivity contribution in [3.8, 4) is 11.5 Å². The first-order valence-electron chi connectivity index (χ1n) is 10.1. The highest BCUT2D eigenvalue weighted by molar-refractivity contribution is 14.0. The van der Waals surface area contributed by atoms with Gasteiger partial charge in [-0.05, 0) is 43.9 Å². The number of carbonyl (C=O) groups excluding carboxylic acids is 1. The summed E-state index contributed by atoms with van der Waals surface area (Å²) in [6.45, 7) is 7.19. The lowest BCUT2D eigenvalue weighted by Gasteiger charge is -2.27. The minimum absolute atomic E-state index is 0. The number of methoxy groups -OCH3 is 2. The molecule has 29 heavy (non-hydrogen) atoms. The van der Waals surface area contributed by atoms with E-state index < -0.39 is 0 Å². The van der Waals surface area contributed by atoms with Gasteiger partial charge in [-0.15, -0.1) is 24.0 Å². The fourth-order valence-corrected chi connectivity index (χ4v) is 3.48. The number of guanidine groups is 1. The first-order valence-corrected chi connectivity index (χ1v) is 10.1. The molecule has 2 N–H and O–H groups in total. The third-order valence-corrected chi connectivity index (χ3v) is 5.00. The fraction of sp³-hybridized carbons (Fsp3) is 0.619. The smallest absolute Gasteiger partial charge is 0.222 e. The van der Waals surface area contributed by atoms with Crippen LogP contribution in [0.25, 0.3) is 0 Å². The molecular formula is C21H35IN4O3. The molecule has 164 valence electrons. The number of nitrogens with one attached hydrogen (secondary N) is 2. The van der Waals surface area contributed by atoms with Crippen molar-refractivity contribution in [2.24, 2.45) is 4.99 Å². The van der Waals surface area contributed by atoms with Crippen molar-refractivity contribution in [1.29, 1.82) is 0 Å². The second kappa shape index (κ2) is 13.5. The average Bonchev–Trinajstić information content (AvgIpc) is 3.14. The van der Waals surface area contributed by atoms with Crippen LogP contribution < -0.4 is 20.1 Å². The maximum absolute atomic E-state index is 12.0. The Kier molecular flexibility index (Phi) is 11.8. The number of carbonyl (C=O) groups is 1. The van der Waals surface area contributed by atoms with E-state index in [0.29, 0.717) is 36.4 Å². The van der Waals surface area contributed by atoms with E-state index in [0.717, 1.165) is 50.4 Å². The predicted molar refractivity (Wildman–Crippen MR) is 127 cm³/mol. The summed E-state index contributed by atoms with van der Waals surface area (Å²) in [4.78, 5) is 18.7. The number of amides is 1. The first kappa shape index (κ1) is 25.3. The number of ether oxygens (including phenoxy) is 2. The van der Waals surface area contributed by atoms with E-state index in [1.165, 1.54) is 0 Å². The zero-order valence-electron chi connectivity index (χ0n) is 18.0. The maximum atomic E-state index is 12.0. The number of aliphatic imine (C=N–C) groups is 1. The Morgan fingerprint density at radius 1 is 1.21 bits per heavy atom. The molecule has 0 aliphatic carbocycles. The van der Waals surface area contributed by atoms with Gasteiger partial charge < -0.3 is 25.0 Å². The molecule has 1 atom stereocenters. The molecule has 0 spiro atoms. The lowest BCUT2D eigenvalue weighted by molar-refractivity contribution is -0.129. The van der Waals surface area contributed by atoms with Gasteiger partial charge in [0, 0.05) is 32.1 Å². The van der Waals surface area contributed by atoms with Crippen LogP contribution in [0.1, 0.15) is 45.1 Å². The van der Waals surface area contributed by atoms with Crippen LogP contribution in [0.5, 0.6) is 11.5 Å². The van der Waals surface area contributed by atoms with Crippen LogP contribution in [0.15, 0.2) is 23.2 Å². The highest BCUT2D eigenvalue weighted by Gasteiger charge is 2.26. The van der Waals surface area contributed by atoms with Crippen molar-refractivity contribution in [2.75, 3.05) is 33.9 Å². The molecule has 2 rings (SSSR count). The molecule has 1 heterocycles. The number of rotatable bonds is 10. The van der Waals surface area contributed by atoms with E-state index in [4.69, 9.17) is 9.47 Å². The van der Waals surface area contributed by atoms with Gasteiger partial charge in [0.15, 0.2) is 17.5 Å².